The average Bonchev–Trinajstić information content (AvgIpc) is 3.60. The molecule has 2 unspecified atom stereocenters. The maximum Gasteiger partial charge on any atom is 0.229 e. The van der Waals surface area contributed by atoms with Crippen LogP contribution in [0.4, 0.5) is 0 Å². The zero-order valence-electron chi connectivity index (χ0n) is 18.9. The van der Waals surface area contributed by atoms with Crippen molar-refractivity contribution in [2.45, 2.75) is 50.6 Å². The van der Waals surface area contributed by atoms with Crippen molar-refractivity contribution in [2.75, 3.05) is 13.6 Å². The summed E-state index contributed by atoms with van der Waals surface area (Å²) in [5.41, 5.74) is 1.79. The van der Waals surface area contributed by atoms with Gasteiger partial charge in [0, 0.05) is 28.5 Å². The van der Waals surface area contributed by atoms with Crippen LogP contribution >= 0.6 is 23.2 Å². The summed E-state index contributed by atoms with van der Waals surface area (Å²) in [7, 11) is 1.97. The number of likely N-dealkylation sites (N-methyl/N-ethyl adjacent to an activating group) is 1. The number of halogens is 2. The maximum absolute atomic E-state index is 14.2. The van der Waals surface area contributed by atoms with E-state index in [1.165, 1.54) is 18.4 Å². The topological polar surface area (TPSA) is 32.3 Å². The number of nitrogens with zero attached hydrogens (tertiary/aromatic N) is 1. The molecule has 1 saturated carbocycles. The third kappa shape index (κ3) is 4.62. The molecule has 2 aromatic rings. The Labute approximate surface area is 201 Å². The van der Waals surface area contributed by atoms with Gasteiger partial charge in [0.25, 0.3) is 0 Å². The minimum absolute atomic E-state index is 0.0740. The lowest BCUT2D eigenvalue weighted by Crippen LogP contribution is -2.58. The van der Waals surface area contributed by atoms with Crippen molar-refractivity contribution in [3.63, 3.8) is 0 Å². The smallest absolute Gasteiger partial charge is 0.229 e. The van der Waals surface area contributed by atoms with Crippen molar-refractivity contribution >= 4 is 29.1 Å². The molecule has 0 bridgehead atoms. The third-order valence-corrected chi connectivity index (χ3v) is 7.61. The number of piperidine rings is 1. The molecule has 1 N–H and O–H groups in total. The number of hydrogen-bond acceptors (Lipinski definition) is 2. The molecule has 3 nitrogen and oxygen atoms in total. The van der Waals surface area contributed by atoms with E-state index in [1.807, 2.05) is 37.4 Å². The van der Waals surface area contributed by atoms with Gasteiger partial charge >= 0.3 is 0 Å². The molecule has 0 radical (unpaired) electrons. The van der Waals surface area contributed by atoms with E-state index in [0.29, 0.717) is 17.4 Å². The summed E-state index contributed by atoms with van der Waals surface area (Å²) in [6.07, 6.45) is 5.63. The lowest BCUT2D eigenvalue weighted by Gasteiger charge is -2.52. The predicted molar refractivity (Wildman–Crippen MR) is 133 cm³/mol. The minimum atomic E-state index is -0.501. The van der Waals surface area contributed by atoms with E-state index >= 15 is 0 Å². The molecule has 1 amide bonds. The van der Waals surface area contributed by atoms with Crippen LogP contribution in [0.5, 0.6) is 0 Å². The van der Waals surface area contributed by atoms with Crippen LogP contribution in [-0.2, 0) is 4.79 Å². The molecule has 2 aromatic carbocycles. The highest BCUT2D eigenvalue weighted by Crippen LogP contribution is 2.53. The van der Waals surface area contributed by atoms with E-state index in [4.69, 9.17) is 23.2 Å². The van der Waals surface area contributed by atoms with Crippen molar-refractivity contribution in [1.29, 1.82) is 0 Å². The lowest BCUT2D eigenvalue weighted by atomic mass is 9.67. The van der Waals surface area contributed by atoms with Gasteiger partial charge in [-0.1, -0.05) is 60.5 Å². The Morgan fingerprint density at radius 2 is 1.88 bits per heavy atom. The number of amides is 1. The highest BCUT2D eigenvalue weighted by Gasteiger charge is 2.53. The molecular weight excluding hydrogens is 439 g/mol. The van der Waals surface area contributed by atoms with Gasteiger partial charge in [0.05, 0.1) is 11.5 Å². The van der Waals surface area contributed by atoms with Crippen LogP contribution in [0.3, 0.4) is 0 Å². The second-order valence-corrected chi connectivity index (χ2v) is 10.5. The fourth-order valence-corrected chi connectivity index (χ4v) is 5.76. The maximum atomic E-state index is 14.2. The molecule has 5 heteroatoms. The summed E-state index contributed by atoms with van der Waals surface area (Å²) in [6, 6.07) is 16.2. The van der Waals surface area contributed by atoms with Crippen molar-refractivity contribution in [3.8, 4) is 0 Å². The van der Waals surface area contributed by atoms with Gasteiger partial charge in [0.15, 0.2) is 0 Å². The fourth-order valence-electron chi connectivity index (χ4n) is 5.43. The first-order valence-corrected chi connectivity index (χ1v) is 12.2. The van der Waals surface area contributed by atoms with Crippen LogP contribution in [-0.4, -0.2) is 30.4 Å². The van der Waals surface area contributed by atoms with Gasteiger partial charge in [-0.15, -0.1) is 6.58 Å². The molecule has 2 fully saturated rings. The number of carbonyl (C=O) groups is 1. The SMILES string of the molecule is C=CCC1(C)C[C@H](c2cccc(Cl)c2)[C@@H](c2ccc(Cl)cc2)N(C(CNC)C2CC2)C1=O. The van der Waals surface area contributed by atoms with Crippen molar-refractivity contribution in [1.82, 2.24) is 10.2 Å². The van der Waals surface area contributed by atoms with Gasteiger partial charge in [0.2, 0.25) is 5.91 Å². The molecule has 0 spiro atoms. The summed E-state index contributed by atoms with van der Waals surface area (Å²) < 4.78 is 0. The standard InChI is InChI=1S/C27H32Cl2N2O/c1-4-14-27(2)16-23(20-6-5-7-22(29)15-20)25(19-10-12-21(28)13-11-19)31(26(27)32)24(17-30-3)18-8-9-18/h4-7,10-13,15,18,23-25,30H,1,8-9,14,16-17H2,2-3H3/t23-,24?,25-,27?/m1/s1. The molecular formula is C27H32Cl2N2O. The van der Waals surface area contributed by atoms with Gasteiger partial charge in [-0.25, -0.2) is 0 Å². The van der Waals surface area contributed by atoms with Crippen LogP contribution in [0.15, 0.2) is 61.2 Å². The zero-order valence-corrected chi connectivity index (χ0v) is 20.4. The molecule has 1 heterocycles. The molecule has 1 saturated heterocycles. The number of rotatable bonds is 8. The fraction of sp³-hybridized carbons (Fsp3) is 0.444. The Hall–Kier alpha value is -1.81. The van der Waals surface area contributed by atoms with Crippen LogP contribution in [0, 0.1) is 11.3 Å². The Morgan fingerprint density at radius 3 is 2.47 bits per heavy atom. The molecule has 0 aromatic heterocycles. The Morgan fingerprint density at radius 1 is 1.16 bits per heavy atom. The first kappa shape index (κ1) is 23.4. The first-order valence-electron chi connectivity index (χ1n) is 11.5. The summed E-state index contributed by atoms with van der Waals surface area (Å²) in [5, 5.41) is 4.78. The van der Waals surface area contributed by atoms with Crippen molar-refractivity contribution in [2.24, 2.45) is 11.3 Å². The highest BCUT2D eigenvalue weighted by molar-refractivity contribution is 6.30. The average molecular weight is 471 g/mol. The quantitative estimate of drug-likeness (QED) is 0.438. The summed E-state index contributed by atoms with van der Waals surface area (Å²) in [6.45, 7) is 6.85. The number of allylic oxidation sites excluding steroid dienone is 1. The summed E-state index contributed by atoms with van der Waals surface area (Å²) in [4.78, 5) is 16.4. The zero-order chi connectivity index (χ0) is 22.9. The van der Waals surface area contributed by atoms with E-state index in [0.717, 1.165) is 23.6 Å². The predicted octanol–water partition coefficient (Wildman–Crippen LogP) is 6.63. The largest absolute Gasteiger partial charge is 0.330 e. The second-order valence-electron chi connectivity index (χ2n) is 9.59. The van der Waals surface area contributed by atoms with Crippen LogP contribution in [0.25, 0.3) is 0 Å². The van der Waals surface area contributed by atoms with Gasteiger partial charge in [-0.2, -0.15) is 0 Å². The van der Waals surface area contributed by atoms with E-state index in [1.54, 1.807) is 0 Å². The molecule has 170 valence electrons. The number of carbonyl (C=O) groups excluding carboxylic acids is 1. The number of benzene rings is 2. The number of likely N-dealkylation sites (tertiary alicyclic amines) is 1. The Balaban J connectivity index is 1.89. The highest BCUT2D eigenvalue weighted by atomic mass is 35.5. The molecule has 32 heavy (non-hydrogen) atoms. The van der Waals surface area contributed by atoms with Gasteiger partial charge < -0.3 is 10.2 Å². The van der Waals surface area contributed by atoms with Crippen LogP contribution < -0.4 is 5.32 Å². The van der Waals surface area contributed by atoms with Gasteiger partial charge in [-0.05, 0) is 74.0 Å². The Bertz CT molecular complexity index is 972. The lowest BCUT2D eigenvalue weighted by molar-refractivity contribution is -0.155. The van der Waals surface area contributed by atoms with Gasteiger partial charge in [-0.3, -0.25) is 4.79 Å². The third-order valence-electron chi connectivity index (χ3n) is 7.12. The minimum Gasteiger partial charge on any atom is -0.330 e. The number of nitrogens with one attached hydrogen (secondary N) is 1. The summed E-state index contributed by atoms with van der Waals surface area (Å²) >= 11 is 12.7. The van der Waals surface area contributed by atoms with E-state index in [-0.39, 0.29) is 23.9 Å². The van der Waals surface area contributed by atoms with Crippen molar-refractivity contribution in [3.05, 3.63) is 82.4 Å². The van der Waals surface area contributed by atoms with E-state index < -0.39 is 5.41 Å². The van der Waals surface area contributed by atoms with E-state index in [9.17, 15) is 4.79 Å². The van der Waals surface area contributed by atoms with Gasteiger partial charge in [0.1, 0.15) is 0 Å². The molecule has 1 aliphatic carbocycles. The molecule has 4 rings (SSSR count). The van der Waals surface area contributed by atoms with Crippen molar-refractivity contribution < 1.29 is 4.79 Å². The van der Waals surface area contributed by atoms with Crippen LogP contribution in [0.1, 0.15) is 55.7 Å². The molecule has 1 aliphatic heterocycles. The molecule has 2 aliphatic rings. The van der Waals surface area contributed by atoms with E-state index in [2.05, 4.69) is 48.0 Å². The first-order chi connectivity index (χ1) is 15.4. The molecule has 4 atom stereocenters. The monoisotopic (exact) mass is 470 g/mol. The Kier molecular flexibility index (Phi) is 7.00. The van der Waals surface area contributed by atoms with Crippen LogP contribution in [0.2, 0.25) is 10.0 Å². The number of hydrogen-bond donors (Lipinski definition) is 1. The summed E-state index contributed by atoms with van der Waals surface area (Å²) in [5.74, 6) is 0.880. The normalized spacial score (nSPS) is 26.8. The second kappa shape index (κ2) is 9.59.